The third kappa shape index (κ3) is 2.75. The number of rotatable bonds is 5. The fourth-order valence-corrected chi connectivity index (χ4v) is 1.99. The number of nitrogens with one attached hydrogen (secondary N) is 1. The fraction of sp³-hybridized carbons (Fsp3) is 0.500. The van der Waals surface area contributed by atoms with Crippen molar-refractivity contribution in [2.75, 3.05) is 11.9 Å². The van der Waals surface area contributed by atoms with Gasteiger partial charge in [0.1, 0.15) is 11.6 Å². The summed E-state index contributed by atoms with van der Waals surface area (Å²) in [5, 5.41) is 7.60. The first-order chi connectivity index (χ1) is 9.17. The lowest BCUT2D eigenvalue weighted by Crippen LogP contribution is -2.09. The summed E-state index contributed by atoms with van der Waals surface area (Å²) in [5.74, 6) is 1.80. The van der Waals surface area contributed by atoms with E-state index in [1.54, 1.807) is 6.20 Å². The number of anilines is 1. The highest BCUT2D eigenvalue weighted by Crippen LogP contribution is 2.25. The summed E-state index contributed by atoms with van der Waals surface area (Å²) in [6.07, 6.45) is 3.69. The molecular weight excluding hydrogens is 238 g/mol. The predicted octanol–water partition coefficient (Wildman–Crippen LogP) is 2.57. The molecule has 0 aliphatic rings. The van der Waals surface area contributed by atoms with E-state index in [2.05, 4.69) is 41.2 Å². The second-order valence-corrected chi connectivity index (χ2v) is 4.58. The van der Waals surface area contributed by atoms with Gasteiger partial charge in [-0.05, 0) is 19.4 Å². The monoisotopic (exact) mass is 259 g/mol. The van der Waals surface area contributed by atoms with Crippen LogP contribution in [0.5, 0.6) is 0 Å². The zero-order valence-electron chi connectivity index (χ0n) is 12.1. The van der Waals surface area contributed by atoms with E-state index in [-0.39, 0.29) is 0 Å². The van der Waals surface area contributed by atoms with Gasteiger partial charge in [-0.25, -0.2) is 9.97 Å². The summed E-state index contributed by atoms with van der Waals surface area (Å²) in [4.78, 5) is 9.23. The van der Waals surface area contributed by atoms with Crippen molar-refractivity contribution in [3.63, 3.8) is 0 Å². The number of nitrogens with zero attached hydrogens (tertiary/aromatic N) is 4. The van der Waals surface area contributed by atoms with Gasteiger partial charge in [0.25, 0.3) is 0 Å². The van der Waals surface area contributed by atoms with Crippen molar-refractivity contribution in [2.24, 2.45) is 7.05 Å². The van der Waals surface area contributed by atoms with E-state index in [0.717, 1.165) is 48.0 Å². The van der Waals surface area contributed by atoms with Crippen molar-refractivity contribution in [1.82, 2.24) is 19.7 Å². The summed E-state index contributed by atoms with van der Waals surface area (Å²) >= 11 is 0. The number of aromatic nitrogens is 4. The Kier molecular flexibility index (Phi) is 4.14. The first kappa shape index (κ1) is 13.5. The topological polar surface area (TPSA) is 55.6 Å². The normalized spacial score (nSPS) is 10.7. The standard InChI is InChI=1S/C14H21N5/c1-5-8-15-14-10(3)13(17-12(6-2)18-14)11-7-9-16-19(11)4/h7,9H,5-6,8H2,1-4H3,(H,15,17,18). The molecule has 0 radical (unpaired) electrons. The van der Waals surface area contributed by atoms with Crippen molar-refractivity contribution in [3.05, 3.63) is 23.7 Å². The van der Waals surface area contributed by atoms with E-state index in [0.29, 0.717) is 0 Å². The molecule has 0 aliphatic heterocycles. The maximum absolute atomic E-state index is 4.65. The fourth-order valence-electron chi connectivity index (χ4n) is 1.99. The van der Waals surface area contributed by atoms with Crippen LogP contribution in [0, 0.1) is 6.92 Å². The molecule has 0 saturated heterocycles. The molecule has 0 bridgehead atoms. The molecule has 0 saturated carbocycles. The molecule has 0 unspecified atom stereocenters. The second-order valence-electron chi connectivity index (χ2n) is 4.58. The van der Waals surface area contributed by atoms with Gasteiger partial charge in [-0.15, -0.1) is 0 Å². The molecule has 19 heavy (non-hydrogen) atoms. The van der Waals surface area contributed by atoms with E-state index in [4.69, 9.17) is 0 Å². The minimum Gasteiger partial charge on any atom is -0.370 e. The minimum absolute atomic E-state index is 0.825. The van der Waals surface area contributed by atoms with Gasteiger partial charge in [0.15, 0.2) is 0 Å². The third-order valence-electron chi connectivity index (χ3n) is 3.11. The van der Waals surface area contributed by atoms with Gasteiger partial charge in [0, 0.05) is 31.8 Å². The minimum atomic E-state index is 0.825. The quantitative estimate of drug-likeness (QED) is 0.896. The molecule has 1 N–H and O–H groups in total. The molecule has 2 aromatic rings. The van der Waals surface area contributed by atoms with Crippen LogP contribution in [-0.2, 0) is 13.5 Å². The van der Waals surface area contributed by atoms with Crippen LogP contribution in [0.3, 0.4) is 0 Å². The molecule has 0 amide bonds. The van der Waals surface area contributed by atoms with Crippen molar-refractivity contribution in [3.8, 4) is 11.4 Å². The Morgan fingerprint density at radius 2 is 2.05 bits per heavy atom. The SMILES string of the molecule is CCCNc1nc(CC)nc(-c2ccnn2C)c1C. The first-order valence-electron chi connectivity index (χ1n) is 6.77. The van der Waals surface area contributed by atoms with E-state index in [1.807, 2.05) is 17.8 Å². The first-order valence-corrected chi connectivity index (χ1v) is 6.77. The van der Waals surface area contributed by atoms with Gasteiger partial charge in [0.2, 0.25) is 0 Å². The summed E-state index contributed by atoms with van der Waals surface area (Å²) in [7, 11) is 1.93. The van der Waals surface area contributed by atoms with Crippen molar-refractivity contribution < 1.29 is 0 Å². The number of hydrogen-bond donors (Lipinski definition) is 1. The molecule has 2 rings (SSSR count). The van der Waals surface area contributed by atoms with E-state index < -0.39 is 0 Å². The van der Waals surface area contributed by atoms with Gasteiger partial charge in [-0.2, -0.15) is 5.10 Å². The third-order valence-corrected chi connectivity index (χ3v) is 3.11. The lowest BCUT2D eigenvalue weighted by atomic mass is 10.1. The summed E-state index contributed by atoms with van der Waals surface area (Å²) in [6.45, 7) is 7.19. The molecule has 0 spiro atoms. The van der Waals surface area contributed by atoms with E-state index >= 15 is 0 Å². The summed E-state index contributed by atoms with van der Waals surface area (Å²) in [5.41, 5.74) is 3.06. The molecule has 0 fully saturated rings. The highest BCUT2D eigenvalue weighted by atomic mass is 15.3. The molecule has 5 nitrogen and oxygen atoms in total. The number of aryl methyl sites for hydroxylation is 2. The van der Waals surface area contributed by atoms with E-state index in [9.17, 15) is 0 Å². The average molecular weight is 259 g/mol. The zero-order chi connectivity index (χ0) is 13.8. The van der Waals surface area contributed by atoms with Crippen LogP contribution in [0.4, 0.5) is 5.82 Å². The smallest absolute Gasteiger partial charge is 0.133 e. The predicted molar refractivity (Wildman–Crippen MR) is 77.1 cm³/mol. The zero-order valence-corrected chi connectivity index (χ0v) is 12.1. The maximum Gasteiger partial charge on any atom is 0.133 e. The van der Waals surface area contributed by atoms with Crippen LogP contribution in [0.1, 0.15) is 31.7 Å². The van der Waals surface area contributed by atoms with Crippen LogP contribution < -0.4 is 5.32 Å². The van der Waals surface area contributed by atoms with Crippen LogP contribution in [0.15, 0.2) is 12.3 Å². The Labute approximate surface area is 114 Å². The summed E-state index contributed by atoms with van der Waals surface area (Å²) in [6, 6.07) is 1.98. The van der Waals surface area contributed by atoms with Gasteiger partial charge in [0.05, 0.1) is 11.4 Å². The molecular formula is C14H21N5. The second kappa shape index (κ2) is 5.82. The Morgan fingerprint density at radius 3 is 2.63 bits per heavy atom. The Hall–Kier alpha value is -1.91. The van der Waals surface area contributed by atoms with E-state index in [1.165, 1.54) is 0 Å². The van der Waals surface area contributed by atoms with Gasteiger partial charge < -0.3 is 5.32 Å². The molecule has 2 heterocycles. The lowest BCUT2D eigenvalue weighted by Gasteiger charge is -2.13. The average Bonchev–Trinajstić information content (AvgIpc) is 2.84. The molecule has 0 atom stereocenters. The number of hydrogen-bond acceptors (Lipinski definition) is 4. The van der Waals surface area contributed by atoms with Gasteiger partial charge in [-0.1, -0.05) is 13.8 Å². The lowest BCUT2D eigenvalue weighted by molar-refractivity contribution is 0.770. The highest BCUT2D eigenvalue weighted by molar-refractivity contribution is 5.65. The Morgan fingerprint density at radius 1 is 1.26 bits per heavy atom. The molecule has 0 aliphatic carbocycles. The van der Waals surface area contributed by atoms with Crippen molar-refractivity contribution >= 4 is 5.82 Å². The van der Waals surface area contributed by atoms with Crippen LogP contribution >= 0.6 is 0 Å². The maximum atomic E-state index is 4.65. The molecule has 0 aromatic carbocycles. The van der Waals surface area contributed by atoms with Crippen molar-refractivity contribution in [1.29, 1.82) is 0 Å². The highest BCUT2D eigenvalue weighted by Gasteiger charge is 2.14. The van der Waals surface area contributed by atoms with Gasteiger partial charge in [-0.3, -0.25) is 4.68 Å². The van der Waals surface area contributed by atoms with Crippen LogP contribution in [-0.4, -0.2) is 26.3 Å². The summed E-state index contributed by atoms with van der Waals surface area (Å²) < 4.78 is 1.85. The largest absolute Gasteiger partial charge is 0.370 e. The Bertz CT molecular complexity index is 559. The molecule has 2 aromatic heterocycles. The van der Waals surface area contributed by atoms with Gasteiger partial charge >= 0.3 is 0 Å². The van der Waals surface area contributed by atoms with Crippen molar-refractivity contribution in [2.45, 2.75) is 33.6 Å². The van der Waals surface area contributed by atoms with Crippen LogP contribution in [0.25, 0.3) is 11.4 Å². The Balaban J connectivity index is 2.50. The molecule has 102 valence electrons. The van der Waals surface area contributed by atoms with Crippen LogP contribution in [0.2, 0.25) is 0 Å². The molecule has 5 heteroatoms.